The topological polar surface area (TPSA) is 86.6 Å². The molecule has 0 aliphatic heterocycles. The van der Waals surface area contributed by atoms with Crippen LogP contribution in [0.2, 0.25) is 0 Å². The zero-order valence-electron chi connectivity index (χ0n) is 9.46. The van der Waals surface area contributed by atoms with Gasteiger partial charge in [-0.25, -0.2) is 4.79 Å². The molecular weight excluding hydrogens is 255 g/mol. The monoisotopic (exact) mass is 269 g/mol. The molecule has 1 rings (SSSR count). The number of aliphatic carboxylic acids is 1. The third kappa shape index (κ3) is 3.34. The van der Waals surface area contributed by atoms with Gasteiger partial charge in [0.25, 0.3) is 0 Å². The second kappa shape index (κ2) is 5.13. The summed E-state index contributed by atoms with van der Waals surface area (Å²) in [5, 5.41) is 20.3. The fraction of sp³-hybridized carbons (Fsp3) is 0.800. The van der Waals surface area contributed by atoms with Gasteiger partial charge in [-0.3, -0.25) is 4.79 Å². The zero-order valence-corrected chi connectivity index (χ0v) is 9.46. The summed E-state index contributed by atoms with van der Waals surface area (Å²) in [4.78, 5) is 21.7. The molecule has 1 saturated carbocycles. The highest BCUT2D eigenvalue weighted by Gasteiger charge is 2.48. The van der Waals surface area contributed by atoms with E-state index < -0.39 is 29.7 Å². The van der Waals surface area contributed by atoms with Crippen molar-refractivity contribution >= 4 is 11.9 Å². The van der Waals surface area contributed by atoms with Gasteiger partial charge < -0.3 is 15.5 Å². The molecule has 18 heavy (non-hydrogen) atoms. The molecule has 1 aliphatic rings. The highest BCUT2D eigenvalue weighted by atomic mass is 19.4. The fourth-order valence-corrected chi connectivity index (χ4v) is 2.09. The van der Waals surface area contributed by atoms with Gasteiger partial charge in [-0.15, -0.1) is 0 Å². The van der Waals surface area contributed by atoms with E-state index in [2.05, 4.69) is 0 Å². The SMILES string of the molecule is O=C(O)C(NC(=O)C(F)(F)F)C1(O)CCCCC1. The van der Waals surface area contributed by atoms with Crippen LogP contribution in [0.4, 0.5) is 13.2 Å². The van der Waals surface area contributed by atoms with E-state index in [0.29, 0.717) is 12.8 Å². The van der Waals surface area contributed by atoms with Crippen molar-refractivity contribution in [2.24, 2.45) is 0 Å². The first-order valence-corrected chi connectivity index (χ1v) is 5.50. The molecule has 0 aromatic rings. The van der Waals surface area contributed by atoms with Crippen molar-refractivity contribution in [1.82, 2.24) is 5.32 Å². The Bertz CT molecular complexity index is 337. The van der Waals surface area contributed by atoms with E-state index in [1.807, 2.05) is 0 Å². The molecule has 0 aromatic carbocycles. The van der Waals surface area contributed by atoms with E-state index in [-0.39, 0.29) is 12.8 Å². The van der Waals surface area contributed by atoms with Gasteiger partial charge in [0.2, 0.25) is 0 Å². The number of hydrogen-bond acceptors (Lipinski definition) is 3. The van der Waals surface area contributed by atoms with Crippen molar-refractivity contribution in [2.45, 2.75) is 49.9 Å². The molecule has 0 bridgehead atoms. The molecule has 1 atom stereocenters. The molecular formula is C10H14F3NO4. The van der Waals surface area contributed by atoms with Crippen LogP contribution in [-0.4, -0.2) is 39.9 Å². The number of nitrogens with one attached hydrogen (secondary N) is 1. The van der Waals surface area contributed by atoms with Crippen molar-refractivity contribution in [2.75, 3.05) is 0 Å². The maximum Gasteiger partial charge on any atom is 0.471 e. The summed E-state index contributed by atoms with van der Waals surface area (Å²) in [6.45, 7) is 0. The Morgan fingerprint density at radius 2 is 1.67 bits per heavy atom. The largest absolute Gasteiger partial charge is 0.480 e. The number of amides is 1. The van der Waals surface area contributed by atoms with E-state index in [4.69, 9.17) is 5.11 Å². The first kappa shape index (κ1) is 14.7. The van der Waals surface area contributed by atoms with Gasteiger partial charge in [-0.1, -0.05) is 19.3 Å². The molecule has 1 amide bonds. The number of carbonyl (C=O) groups is 2. The summed E-state index contributed by atoms with van der Waals surface area (Å²) >= 11 is 0. The van der Waals surface area contributed by atoms with E-state index in [1.165, 1.54) is 5.32 Å². The number of halogens is 3. The number of carboxylic acids is 1. The van der Waals surface area contributed by atoms with Crippen LogP contribution in [0.3, 0.4) is 0 Å². The van der Waals surface area contributed by atoms with Crippen LogP contribution in [0.5, 0.6) is 0 Å². The fourth-order valence-electron chi connectivity index (χ4n) is 2.09. The van der Waals surface area contributed by atoms with Crippen molar-refractivity contribution in [3.8, 4) is 0 Å². The summed E-state index contributed by atoms with van der Waals surface area (Å²) in [6.07, 6.45) is -3.24. The summed E-state index contributed by atoms with van der Waals surface area (Å²) < 4.78 is 36.2. The maximum absolute atomic E-state index is 12.1. The van der Waals surface area contributed by atoms with Gasteiger partial charge >= 0.3 is 18.1 Å². The van der Waals surface area contributed by atoms with Crippen molar-refractivity contribution in [1.29, 1.82) is 0 Å². The number of carbonyl (C=O) groups excluding carboxylic acids is 1. The smallest absolute Gasteiger partial charge is 0.471 e. The molecule has 0 aromatic heterocycles. The lowest BCUT2D eigenvalue weighted by atomic mass is 9.79. The molecule has 8 heteroatoms. The second-order valence-corrected chi connectivity index (χ2v) is 4.41. The molecule has 3 N–H and O–H groups in total. The lowest BCUT2D eigenvalue weighted by Crippen LogP contribution is -2.59. The van der Waals surface area contributed by atoms with E-state index in [0.717, 1.165) is 6.42 Å². The Hall–Kier alpha value is -1.31. The van der Waals surface area contributed by atoms with Crippen LogP contribution in [0.15, 0.2) is 0 Å². The minimum absolute atomic E-state index is 0.0576. The molecule has 1 aliphatic carbocycles. The standard InChI is InChI=1S/C10H14F3NO4/c11-10(12,13)8(17)14-6(7(15)16)9(18)4-2-1-3-5-9/h6,18H,1-5H2,(H,14,17)(H,15,16). The highest BCUT2D eigenvalue weighted by Crippen LogP contribution is 2.31. The first-order chi connectivity index (χ1) is 8.17. The molecule has 5 nitrogen and oxygen atoms in total. The molecule has 0 saturated heterocycles. The normalized spacial score (nSPS) is 21.1. The Kier molecular flexibility index (Phi) is 4.20. The van der Waals surface area contributed by atoms with Gasteiger partial charge in [-0.05, 0) is 12.8 Å². The third-order valence-corrected chi connectivity index (χ3v) is 3.04. The zero-order chi connectivity index (χ0) is 14.0. The van der Waals surface area contributed by atoms with Gasteiger partial charge in [0.1, 0.15) is 0 Å². The third-order valence-electron chi connectivity index (χ3n) is 3.04. The van der Waals surface area contributed by atoms with Crippen molar-refractivity contribution in [3.63, 3.8) is 0 Å². The van der Waals surface area contributed by atoms with Crippen molar-refractivity contribution < 1.29 is 33.0 Å². The summed E-state index contributed by atoms with van der Waals surface area (Å²) in [5.74, 6) is -4.02. The Morgan fingerprint density at radius 1 is 1.17 bits per heavy atom. The molecule has 0 heterocycles. The Labute approximate surface area is 101 Å². The molecule has 104 valence electrons. The molecule has 1 unspecified atom stereocenters. The van der Waals surface area contributed by atoms with E-state index in [9.17, 15) is 27.9 Å². The van der Waals surface area contributed by atoms with Crippen LogP contribution in [0, 0.1) is 0 Å². The van der Waals surface area contributed by atoms with Crippen molar-refractivity contribution in [3.05, 3.63) is 0 Å². The average Bonchev–Trinajstić information content (AvgIpc) is 2.24. The van der Waals surface area contributed by atoms with Crippen LogP contribution in [0.1, 0.15) is 32.1 Å². The summed E-state index contributed by atoms with van der Waals surface area (Å²) in [7, 11) is 0. The average molecular weight is 269 g/mol. The van der Waals surface area contributed by atoms with Crippen LogP contribution < -0.4 is 5.32 Å². The van der Waals surface area contributed by atoms with Gasteiger partial charge in [0.05, 0.1) is 5.60 Å². The summed E-state index contributed by atoms with van der Waals surface area (Å²) in [5.41, 5.74) is -1.81. The van der Waals surface area contributed by atoms with Gasteiger partial charge in [0.15, 0.2) is 6.04 Å². The van der Waals surface area contributed by atoms with Crippen LogP contribution in [-0.2, 0) is 9.59 Å². The second-order valence-electron chi connectivity index (χ2n) is 4.41. The van der Waals surface area contributed by atoms with Crippen LogP contribution in [0.25, 0.3) is 0 Å². The maximum atomic E-state index is 12.1. The van der Waals surface area contributed by atoms with Crippen LogP contribution >= 0.6 is 0 Å². The number of hydrogen-bond donors (Lipinski definition) is 3. The van der Waals surface area contributed by atoms with E-state index >= 15 is 0 Å². The lowest BCUT2D eigenvalue weighted by molar-refractivity contribution is -0.179. The van der Waals surface area contributed by atoms with Gasteiger partial charge in [0, 0.05) is 0 Å². The predicted molar refractivity (Wildman–Crippen MR) is 53.7 cm³/mol. The minimum Gasteiger partial charge on any atom is -0.480 e. The minimum atomic E-state index is -5.17. The Morgan fingerprint density at radius 3 is 2.06 bits per heavy atom. The van der Waals surface area contributed by atoms with E-state index in [1.54, 1.807) is 0 Å². The molecule has 1 fully saturated rings. The number of carboxylic acid groups (broad SMARTS) is 1. The lowest BCUT2D eigenvalue weighted by Gasteiger charge is -2.37. The first-order valence-electron chi connectivity index (χ1n) is 5.50. The number of alkyl halides is 3. The van der Waals surface area contributed by atoms with Gasteiger partial charge in [-0.2, -0.15) is 13.2 Å². The molecule has 0 radical (unpaired) electrons. The summed E-state index contributed by atoms with van der Waals surface area (Å²) in [6, 6.07) is -1.94. The predicted octanol–water partition coefficient (Wildman–Crippen LogP) is 0.813. The molecule has 0 spiro atoms. The quantitative estimate of drug-likeness (QED) is 0.707. The number of aliphatic hydroxyl groups is 1. The highest BCUT2D eigenvalue weighted by molar-refractivity contribution is 5.87. The Balaban J connectivity index is 2.83. The number of rotatable bonds is 3.